The first-order valence-electron chi connectivity index (χ1n) is 11.2. The summed E-state index contributed by atoms with van der Waals surface area (Å²) in [6, 6.07) is 25.9. The van der Waals surface area contributed by atoms with E-state index in [1.165, 1.54) is 23.5 Å². The molecule has 1 heterocycles. The third kappa shape index (κ3) is 5.60. The van der Waals surface area contributed by atoms with Gasteiger partial charge in [-0.3, -0.25) is 9.59 Å². The predicted molar refractivity (Wildman–Crippen MR) is 141 cm³/mol. The summed E-state index contributed by atoms with van der Waals surface area (Å²) >= 11 is 1.19. The number of hydrogen-bond donors (Lipinski definition) is 1. The van der Waals surface area contributed by atoms with Crippen LogP contribution in [0.15, 0.2) is 89.8 Å². The van der Waals surface area contributed by atoms with Crippen LogP contribution in [0.25, 0.3) is 11.1 Å². The van der Waals surface area contributed by atoms with E-state index in [1.54, 1.807) is 73.7 Å². The van der Waals surface area contributed by atoms with Crippen molar-refractivity contribution in [3.8, 4) is 17.2 Å². The van der Waals surface area contributed by atoms with E-state index in [1.807, 2.05) is 6.07 Å². The van der Waals surface area contributed by atoms with Crippen molar-refractivity contribution in [1.82, 2.24) is 0 Å². The Morgan fingerprint density at radius 3 is 2.22 bits per heavy atom. The quantitative estimate of drug-likeness (QED) is 0.313. The summed E-state index contributed by atoms with van der Waals surface area (Å²) in [5.41, 5.74) is 3.15. The van der Waals surface area contributed by atoms with Crippen LogP contribution in [0.5, 0.6) is 0 Å². The van der Waals surface area contributed by atoms with Gasteiger partial charge in [0.1, 0.15) is 0 Å². The van der Waals surface area contributed by atoms with Crippen molar-refractivity contribution in [1.29, 1.82) is 5.26 Å². The number of nitriles is 1. The Balaban J connectivity index is 1.59. The molecule has 8 heteroatoms. The Morgan fingerprint density at radius 1 is 0.944 bits per heavy atom. The molecule has 4 aromatic rings. The number of amides is 1. The Hall–Kier alpha value is -4.06. The minimum atomic E-state index is -3.30. The van der Waals surface area contributed by atoms with E-state index in [2.05, 4.69) is 11.4 Å². The molecular weight excluding hydrogens is 492 g/mol. The van der Waals surface area contributed by atoms with Gasteiger partial charge in [-0.1, -0.05) is 61.5 Å². The Labute approximate surface area is 213 Å². The van der Waals surface area contributed by atoms with Crippen LogP contribution in [0, 0.1) is 11.3 Å². The highest BCUT2D eigenvalue weighted by molar-refractivity contribution is 7.91. The molecule has 0 bridgehead atoms. The average Bonchev–Trinajstić information content (AvgIpc) is 3.32. The van der Waals surface area contributed by atoms with E-state index < -0.39 is 9.84 Å². The number of nitrogens with one attached hydrogen (secondary N) is 1. The van der Waals surface area contributed by atoms with Crippen LogP contribution in [0.4, 0.5) is 5.00 Å². The lowest BCUT2D eigenvalue weighted by Gasteiger charge is -2.05. The SMILES string of the molecule is CCS(=O)(=O)c1ccc(CC(=O)Nc2cc(-c3ccc(C#N)cc3)c(C(=O)c3ccccc3)s2)cc1. The second-order valence-electron chi connectivity index (χ2n) is 8.01. The number of hydrogen-bond acceptors (Lipinski definition) is 6. The molecule has 36 heavy (non-hydrogen) atoms. The van der Waals surface area contributed by atoms with Crippen molar-refractivity contribution >= 4 is 37.9 Å². The van der Waals surface area contributed by atoms with Crippen LogP contribution in [0.1, 0.15) is 33.3 Å². The van der Waals surface area contributed by atoms with Crippen molar-refractivity contribution in [2.75, 3.05) is 11.1 Å². The molecule has 1 N–H and O–H groups in total. The number of carbonyl (C=O) groups is 2. The zero-order valence-corrected chi connectivity index (χ0v) is 21.0. The summed E-state index contributed by atoms with van der Waals surface area (Å²) in [7, 11) is -3.30. The van der Waals surface area contributed by atoms with Crippen LogP contribution >= 0.6 is 11.3 Å². The second-order valence-corrected chi connectivity index (χ2v) is 11.3. The van der Waals surface area contributed by atoms with Gasteiger partial charge in [0.15, 0.2) is 9.84 Å². The number of nitrogens with zero attached hydrogens (tertiary/aromatic N) is 1. The maximum atomic E-state index is 13.3. The molecular formula is C28H22N2O4S2. The highest BCUT2D eigenvalue weighted by Gasteiger charge is 2.20. The van der Waals surface area contributed by atoms with Gasteiger partial charge in [-0.25, -0.2) is 8.42 Å². The number of sulfone groups is 1. The zero-order chi connectivity index (χ0) is 25.7. The van der Waals surface area contributed by atoms with E-state index in [4.69, 9.17) is 5.26 Å². The average molecular weight is 515 g/mol. The van der Waals surface area contributed by atoms with Crippen LogP contribution in [0.2, 0.25) is 0 Å². The van der Waals surface area contributed by atoms with Crippen molar-refractivity contribution in [3.05, 3.63) is 106 Å². The van der Waals surface area contributed by atoms with Crippen molar-refractivity contribution in [2.24, 2.45) is 0 Å². The molecule has 0 fully saturated rings. The van der Waals surface area contributed by atoms with Crippen molar-refractivity contribution in [2.45, 2.75) is 18.2 Å². The predicted octanol–water partition coefficient (Wildman–Crippen LogP) is 5.49. The Bertz CT molecular complexity index is 1550. The molecule has 0 unspecified atom stereocenters. The lowest BCUT2D eigenvalue weighted by molar-refractivity contribution is -0.115. The summed E-state index contributed by atoms with van der Waals surface area (Å²) < 4.78 is 24.0. The molecule has 4 rings (SSSR count). The minimum absolute atomic E-state index is 0.0107. The van der Waals surface area contributed by atoms with E-state index in [-0.39, 0.29) is 28.8 Å². The number of thiophene rings is 1. The third-order valence-electron chi connectivity index (χ3n) is 5.59. The summed E-state index contributed by atoms with van der Waals surface area (Å²) in [6.45, 7) is 1.58. The molecule has 6 nitrogen and oxygen atoms in total. The molecule has 0 spiro atoms. The molecule has 0 aliphatic heterocycles. The first kappa shape index (κ1) is 25.0. The van der Waals surface area contributed by atoms with Gasteiger partial charge < -0.3 is 5.32 Å². The highest BCUT2D eigenvalue weighted by atomic mass is 32.2. The molecule has 180 valence electrons. The number of rotatable bonds is 8. The lowest BCUT2D eigenvalue weighted by Crippen LogP contribution is -2.13. The Kier molecular flexibility index (Phi) is 7.44. The largest absolute Gasteiger partial charge is 0.317 e. The van der Waals surface area contributed by atoms with Crippen molar-refractivity contribution < 1.29 is 18.0 Å². The fourth-order valence-corrected chi connectivity index (χ4v) is 5.57. The standard InChI is InChI=1S/C28H22N2O4S2/c1-2-36(33,34)23-14-10-19(11-15-23)16-25(31)30-26-17-24(21-12-8-20(18-29)9-13-21)28(35-26)27(32)22-6-4-3-5-7-22/h3-15,17H,2,16H2,1H3,(H,30,31). The number of anilines is 1. The number of ketones is 1. The van der Waals surface area contributed by atoms with Gasteiger partial charge in [0, 0.05) is 11.1 Å². The monoisotopic (exact) mass is 514 g/mol. The molecule has 0 aliphatic carbocycles. The summed E-state index contributed by atoms with van der Waals surface area (Å²) in [5.74, 6) is -0.433. The van der Waals surface area contributed by atoms with E-state index >= 15 is 0 Å². The van der Waals surface area contributed by atoms with Crippen LogP contribution in [-0.2, 0) is 21.1 Å². The molecule has 0 atom stereocenters. The molecule has 0 radical (unpaired) electrons. The molecule has 0 saturated carbocycles. The first-order valence-corrected chi connectivity index (χ1v) is 13.6. The highest BCUT2D eigenvalue weighted by Crippen LogP contribution is 2.36. The van der Waals surface area contributed by atoms with E-state index in [9.17, 15) is 18.0 Å². The molecule has 1 aromatic heterocycles. The molecule has 3 aromatic carbocycles. The Morgan fingerprint density at radius 2 is 1.61 bits per heavy atom. The summed E-state index contributed by atoms with van der Waals surface area (Å²) in [5, 5.41) is 12.5. The van der Waals surface area contributed by atoms with Crippen molar-refractivity contribution in [3.63, 3.8) is 0 Å². The smallest absolute Gasteiger partial charge is 0.229 e. The minimum Gasteiger partial charge on any atom is -0.317 e. The van der Waals surface area contributed by atoms with Crippen LogP contribution in [-0.4, -0.2) is 25.9 Å². The van der Waals surface area contributed by atoms with E-state index in [0.29, 0.717) is 32.1 Å². The van der Waals surface area contributed by atoms with Crippen LogP contribution < -0.4 is 5.32 Å². The summed E-state index contributed by atoms with van der Waals surface area (Å²) in [4.78, 5) is 26.8. The maximum Gasteiger partial charge on any atom is 0.229 e. The fraction of sp³-hybridized carbons (Fsp3) is 0.107. The van der Waals surface area contributed by atoms with Gasteiger partial charge in [-0.05, 0) is 41.5 Å². The first-order chi connectivity index (χ1) is 17.3. The maximum absolute atomic E-state index is 13.3. The second kappa shape index (κ2) is 10.7. The third-order valence-corrected chi connectivity index (χ3v) is 8.39. The van der Waals surface area contributed by atoms with Gasteiger partial charge in [0.25, 0.3) is 0 Å². The fourth-order valence-electron chi connectivity index (χ4n) is 3.63. The van der Waals surface area contributed by atoms with Crippen LogP contribution in [0.3, 0.4) is 0 Å². The zero-order valence-electron chi connectivity index (χ0n) is 19.4. The van der Waals surface area contributed by atoms with Gasteiger partial charge in [-0.15, -0.1) is 11.3 Å². The topological polar surface area (TPSA) is 104 Å². The molecule has 1 amide bonds. The summed E-state index contributed by atoms with van der Waals surface area (Å²) in [6.07, 6.45) is 0.0541. The normalized spacial score (nSPS) is 11.0. The lowest BCUT2D eigenvalue weighted by atomic mass is 10.0. The van der Waals surface area contributed by atoms with E-state index in [0.717, 1.165) is 5.56 Å². The molecule has 0 aliphatic rings. The molecule has 0 saturated heterocycles. The number of benzene rings is 3. The number of carbonyl (C=O) groups excluding carboxylic acids is 2. The van der Waals surface area contributed by atoms with Gasteiger partial charge >= 0.3 is 0 Å². The van der Waals surface area contributed by atoms with Gasteiger partial charge in [0.2, 0.25) is 11.7 Å². The van der Waals surface area contributed by atoms with Gasteiger partial charge in [0.05, 0.1) is 38.6 Å². The van der Waals surface area contributed by atoms with Gasteiger partial charge in [-0.2, -0.15) is 5.26 Å².